The number of hydrogen-bond acceptors (Lipinski definition) is 3. The van der Waals surface area contributed by atoms with Crippen LogP contribution in [0.4, 0.5) is 5.95 Å². The zero-order valence-electron chi connectivity index (χ0n) is 9.78. The van der Waals surface area contributed by atoms with E-state index in [1.165, 1.54) is 19.3 Å². The normalized spacial score (nSPS) is 18.0. The van der Waals surface area contributed by atoms with Crippen LogP contribution in [0.25, 0.3) is 5.65 Å². The zero-order chi connectivity index (χ0) is 11.9. The van der Waals surface area contributed by atoms with Crippen molar-refractivity contribution in [3.8, 4) is 0 Å². The fourth-order valence-corrected chi connectivity index (χ4v) is 2.34. The predicted octanol–water partition coefficient (Wildman–Crippen LogP) is 2.98. The number of halogens is 1. The monoisotopic (exact) mass is 250 g/mol. The van der Waals surface area contributed by atoms with Gasteiger partial charge in [0.2, 0.25) is 5.95 Å². The van der Waals surface area contributed by atoms with Gasteiger partial charge < -0.3 is 5.32 Å². The molecule has 90 valence electrons. The van der Waals surface area contributed by atoms with E-state index in [0.29, 0.717) is 16.4 Å². The lowest BCUT2D eigenvalue weighted by Gasteiger charge is -2.38. The molecule has 0 amide bonds. The van der Waals surface area contributed by atoms with E-state index in [1.807, 2.05) is 12.1 Å². The van der Waals surface area contributed by atoms with Gasteiger partial charge in [-0.3, -0.25) is 0 Å². The highest BCUT2D eigenvalue weighted by molar-refractivity contribution is 6.30. The molecule has 0 aromatic carbocycles. The fourth-order valence-electron chi connectivity index (χ4n) is 2.18. The van der Waals surface area contributed by atoms with Crippen LogP contribution in [0.3, 0.4) is 0 Å². The standard InChI is InChI=1S/C12H15ClN4/c1-12(5-2-6-12)8-14-11-15-10-4-3-9(13)7-17(10)16-11/h3-4,7H,2,5-6,8H2,1H3,(H,14,16). The molecule has 0 atom stereocenters. The van der Waals surface area contributed by atoms with E-state index in [-0.39, 0.29) is 0 Å². The molecule has 2 aromatic rings. The van der Waals surface area contributed by atoms with Crippen LogP contribution in [0, 0.1) is 5.41 Å². The third-order valence-electron chi connectivity index (χ3n) is 3.53. The van der Waals surface area contributed by atoms with Crippen molar-refractivity contribution in [2.45, 2.75) is 26.2 Å². The quantitative estimate of drug-likeness (QED) is 0.911. The molecule has 0 bridgehead atoms. The lowest BCUT2D eigenvalue weighted by molar-refractivity contribution is 0.179. The van der Waals surface area contributed by atoms with Crippen LogP contribution in [-0.4, -0.2) is 21.1 Å². The van der Waals surface area contributed by atoms with E-state index >= 15 is 0 Å². The van der Waals surface area contributed by atoms with Crippen LogP contribution in [-0.2, 0) is 0 Å². The maximum Gasteiger partial charge on any atom is 0.243 e. The van der Waals surface area contributed by atoms with E-state index in [0.717, 1.165) is 12.2 Å². The Bertz CT molecular complexity index is 544. The van der Waals surface area contributed by atoms with Gasteiger partial charge in [-0.05, 0) is 30.4 Å². The Kier molecular flexibility index (Phi) is 2.47. The van der Waals surface area contributed by atoms with Crippen LogP contribution in [0.5, 0.6) is 0 Å². The number of fused-ring (bicyclic) bond motifs is 1. The van der Waals surface area contributed by atoms with Crippen molar-refractivity contribution >= 4 is 23.2 Å². The summed E-state index contributed by atoms with van der Waals surface area (Å²) < 4.78 is 1.70. The maximum atomic E-state index is 5.90. The molecule has 1 N–H and O–H groups in total. The maximum absolute atomic E-state index is 5.90. The number of anilines is 1. The number of hydrogen-bond donors (Lipinski definition) is 1. The Labute approximate surface area is 105 Å². The van der Waals surface area contributed by atoms with Gasteiger partial charge in [0.05, 0.1) is 5.02 Å². The van der Waals surface area contributed by atoms with Crippen molar-refractivity contribution in [1.82, 2.24) is 14.6 Å². The van der Waals surface area contributed by atoms with Crippen LogP contribution < -0.4 is 5.32 Å². The summed E-state index contributed by atoms with van der Waals surface area (Å²) in [5, 5.41) is 8.32. The molecule has 17 heavy (non-hydrogen) atoms. The van der Waals surface area contributed by atoms with Gasteiger partial charge in [0.15, 0.2) is 5.65 Å². The minimum Gasteiger partial charge on any atom is -0.352 e. The van der Waals surface area contributed by atoms with Crippen molar-refractivity contribution < 1.29 is 0 Å². The number of pyridine rings is 1. The summed E-state index contributed by atoms with van der Waals surface area (Å²) in [5.41, 5.74) is 1.24. The summed E-state index contributed by atoms with van der Waals surface area (Å²) in [6, 6.07) is 3.69. The molecule has 4 nitrogen and oxygen atoms in total. The Morgan fingerprint density at radius 2 is 2.29 bits per heavy atom. The lowest BCUT2D eigenvalue weighted by Crippen LogP contribution is -2.33. The molecule has 0 unspecified atom stereocenters. The van der Waals surface area contributed by atoms with Crippen molar-refractivity contribution in [2.75, 3.05) is 11.9 Å². The predicted molar refractivity (Wildman–Crippen MR) is 68.4 cm³/mol. The highest BCUT2D eigenvalue weighted by Crippen LogP contribution is 2.39. The summed E-state index contributed by atoms with van der Waals surface area (Å²) in [6.07, 6.45) is 5.69. The fraction of sp³-hybridized carbons (Fsp3) is 0.500. The molecule has 2 heterocycles. The van der Waals surface area contributed by atoms with Crippen molar-refractivity contribution in [2.24, 2.45) is 5.41 Å². The third-order valence-corrected chi connectivity index (χ3v) is 3.75. The summed E-state index contributed by atoms with van der Waals surface area (Å²) in [4.78, 5) is 4.40. The molecular formula is C12H15ClN4. The molecule has 0 radical (unpaired) electrons. The van der Waals surface area contributed by atoms with Gasteiger partial charge in [0, 0.05) is 12.7 Å². The Morgan fingerprint density at radius 3 is 3.00 bits per heavy atom. The minimum absolute atomic E-state index is 0.426. The molecule has 1 fully saturated rings. The summed E-state index contributed by atoms with van der Waals surface area (Å²) in [6.45, 7) is 3.24. The van der Waals surface area contributed by atoms with Crippen LogP contribution in [0.2, 0.25) is 5.02 Å². The molecular weight excluding hydrogens is 236 g/mol. The van der Waals surface area contributed by atoms with Crippen LogP contribution in [0.1, 0.15) is 26.2 Å². The van der Waals surface area contributed by atoms with E-state index in [2.05, 4.69) is 22.3 Å². The molecule has 5 heteroatoms. The highest BCUT2D eigenvalue weighted by atomic mass is 35.5. The zero-order valence-corrected chi connectivity index (χ0v) is 10.5. The van der Waals surface area contributed by atoms with Gasteiger partial charge in [-0.25, -0.2) is 4.52 Å². The molecule has 1 aliphatic carbocycles. The first-order chi connectivity index (χ1) is 8.15. The SMILES string of the molecule is CC1(CNc2nc3ccc(Cl)cn3n2)CCC1. The van der Waals surface area contributed by atoms with Gasteiger partial charge in [-0.1, -0.05) is 24.9 Å². The van der Waals surface area contributed by atoms with Crippen LogP contribution >= 0.6 is 11.6 Å². The summed E-state index contributed by atoms with van der Waals surface area (Å²) >= 11 is 5.90. The van der Waals surface area contributed by atoms with Crippen molar-refractivity contribution in [1.29, 1.82) is 0 Å². The van der Waals surface area contributed by atoms with Crippen molar-refractivity contribution in [3.05, 3.63) is 23.4 Å². The molecule has 1 aliphatic rings. The molecule has 3 rings (SSSR count). The number of rotatable bonds is 3. The van der Waals surface area contributed by atoms with E-state index in [9.17, 15) is 0 Å². The van der Waals surface area contributed by atoms with E-state index in [4.69, 9.17) is 11.6 Å². The van der Waals surface area contributed by atoms with Crippen molar-refractivity contribution in [3.63, 3.8) is 0 Å². The molecule has 2 aromatic heterocycles. The van der Waals surface area contributed by atoms with Gasteiger partial charge in [0.25, 0.3) is 0 Å². The largest absolute Gasteiger partial charge is 0.352 e. The van der Waals surface area contributed by atoms with Crippen LogP contribution in [0.15, 0.2) is 18.3 Å². The second-order valence-electron chi connectivity index (χ2n) is 5.10. The number of nitrogens with zero attached hydrogens (tertiary/aromatic N) is 3. The van der Waals surface area contributed by atoms with E-state index in [1.54, 1.807) is 10.7 Å². The van der Waals surface area contributed by atoms with Gasteiger partial charge in [-0.2, -0.15) is 4.98 Å². The molecule has 0 saturated heterocycles. The van der Waals surface area contributed by atoms with Gasteiger partial charge in [0.1, 0.15) is 0 Å². The summed E-state index contributed by atoms with van der Waals surface area (Å²) in [7, 11) is 0. The molecule has 0 aliphatic heterocycles. The Hall–Kier alpha value is -1.29. The van der Waals surface area contributed by atoms with Gasteiger partial charge >= 0.3 is 0 Å². The molecule has 0 spiro atoms. The Balaban J connectivity index is 1.76. The first-order valence-electron chi connectivity index (χ1n) is 5.91. The summed E-state index contributed by atoms with van der Waals surface area (Å²) in [5.74, 6) is 0.681. The smallest absolute Gasteiger partial charge is 0.243 e. The number of aromatic nitrogens is 3. The first-order valence-corrected chi connectivity index (χ1v) is 6.28. The minimum atomic E-state index is 0.426. The first kappa shape index (κ1) is 10.8. The van der Waals surface area contributed by atoms with E-state index < -0.39 is 0 Å². The third kappa shape index (κ3) is 2.09. The second-order valence-corrected chi connectivity index (χ2v) is 5.54. The highest BCUT2D eigenvalue weighted by Gasteiger charge is 2.31. The van der Waals surface area contributed by atoms with Gasteiger partial charge in [-0.15, -0.1) is 5.10 Å². The molecule has 1 saturated carbocycles. The average molecular weight is 251 g/mol. The Morgan fingerprint density at radius 1 is 1.47 bits per heavy atom. The number of nitrogens with one attached hydrogen (secondary N) is 1. The lowest BCUT2D eigenvalue weighted by atomic mass is 9.70. The second kappa shape index (κ2) is 3.88. The topological polar surface area (TPSA) is 42.2 Å². The average Bonchev–Trinajstić information content (AvgIpc) is 2.65.